The fourth-order valence-electron chi connectivity index (χ4n) is 1.32. The van der Waals surface area contributed by atoms with Crippen LogP contribution in [0.5, 0.6) is 5.75 Å². The maximum absolute atomic E-state index is 8.37. The highest BCUT2D eigenvalue weighted by molar-refractivity contribution is 5.27. The maximum atomic E-state index is 8.37. The number of nitriles is 1. The second-order valence-corrected chi connectivity index (χ2v) is 4.12. The third-order valence-corrected chi connectivity index (χ3v) is 2.11. The molecule has 0 atom stereocenters. The molecule has 0 saturated heterocycles. The molecular formula is C13H18N2O. The molecule has 1 N–H and O–H groups in total. The standard InChI is InChI=1S/C13H18N2O/c1-11(2)9-15-10-12-3-5-13(6-4-12)16-8-7-14/h3-6,11,15H,8-10H2,1-2H3. The van der Waals surface area contributed by atoms with E-state index in [2.05, 4.69) is 19.2 Å². The number of hydrogen-bond acceptors (Lipinski definition) is 3. The number of ether oxygens (including phenoxy) is 1. The fraction of sp³-hybridized carbons (Fsp3) is 0.462. The van der Waals surface area contributed by atoms with Crippen molar-refractivity contribution >= 4 is 0 Å². The molecule has 0 fully saturated rings. The molecule has 1 aromatic carbocycles. The van der Waals surface area contributed by atoms with Gasteiger partial charge in [-0.25, -0.2) is 0 Å². The molecule has 0 aliphatic rings. The Balaban J connectivity index is 2.36. The molecule has 3 nitrogen and oxygen atoms in total. The minimum absolute atomic E-state index is 0.102. The van der Waals surface area contributed by atoms with E-state index >= 15 is 0 Å². The van der Waals surface area contributed by atoms with Crippen molar-refractivity contribution in [3.63, 3.8) is 0 Å². The smallest absolute Gasteiger partial charge is 0.174 e. The van der Waals surface area contributed by atoms with Gasteiger partial charge in [0.1, 0.15) is 11.8 Å². The first-order valence-corrected chi connectivity index (χ1v) is 5.51. The Hall–Kier alpha value is -1.53. The van der Waals surface area contributed by atoms with Crippen molar-refractivity contribution in [2.75, 3.05) is 13.2 Å². The van der Waals surface area contributed by atoms with E-state index in [4.69, 9.17) is 10.00 Å². The van der Waals surface area contributed by atoms with Gasteiger partial charge in [0, 0.05) is 6.54 Å². The Morgan fingerprint density at radius 3 is 2.56 bits per heavy atom. The van der Waals surface area contributed by atoms with Crippen LogP contribution in [-0.4, -0.2) is 13.2 Å². The fourth-order valence-corrected chi connectivity index (χ4v) is 1.32. The monoisotopic (exact) mass is 218 g/mol. The Morgan fingerprint density at radius 2 is 2.00 bits per heavy atom. The summed E-state index contributed by atoms with van der Waals surface area (Å²) in [7, 11) is 0. The quantitative estimate of drug-likeness (QED) is 0.797. The van der Waals surface area contributed by atoms with Gasteiger partial charge in [-0.1, -0.05) is 26.0 Å². The van der Waals surface area contributed by atoms with Crippen molar-refractivity contribution in [3.8, 4) is 11.8 Å². The zero-order valence-electron chi connectivity index (χ0n) is 9.86. The van der Waals surface area contributed by atoms with Crippen molar-refractivity contribution in [2.45, 2.75) is 20.4 Å². The third kappa shape index (κ3) is 4.81. The molecule has 0 unspecified atom stereocenters. The molecule has 0 bridgehead atoms. The molecule has 0 saturated carbocycles. The van der Waals surface area contributed by atoms with Crippen molar-refractivity contribution in [1.29, 1.82) is 5.26 Å². The van der Waals surface area contributed by atoms with Gasteiger partial charge >= 0.3 is 0 Å². The highest BCUT2D eigenvalue weighted by Crippen LogP contribution is 2.11. The summed E-state index contributed by atoms with van der Waals surface area (Å²) >= 11 is 0. The molecule has 0 radical (unpaired) electrons. The van der Waals surface area contributed by atoms with Gasteiger partial charge in [0.2, 0.25) is 0 Å². The van der Waals surface area contributed by atoms with Crippen LogP contribution in [0.3, 0.4) is 0 Å². The summed E-state index contributed by atoms with van der Waals surface area (Å²) in [5.41, 5.74) is 1.23. The van der Waals surface area contributed by atoms with Crippen LogP contribution in [0.15, 0.2) is 24.3 Å². The molecule has 0 aromatic heterocycles. The summed E-state index contributed by atoms with van der Waals surface area (Å²) in [5.74, 6) is 1.41. The molecule has 0 aliphatic carbocycles. The van der Waals surface area contributed by atoms with Crippen LogP contribution in [0.2, 0.25) is 0 Å². The second-order valence-electron chi connectivity index (χ2n) is 4.12. The van der Waals surface area contributed by atoms with Crippen LogP contribution < -0.4 is 10.1 Å². The van der Waals surface area contributed by atoms with Crippen LogP contribution >= 0.6 is 0 Å². The zero-order valence-corrected chi connectivity index (χ0v) is 9.86. The van der Waals surface area contributed by atoms with E-state index in [-0.39, 0.29) is 6.61 Å². The lowest BCUT2D eigenvalue weighted by Crippen LogP contribution is -2.18. The van der Waals surface area contributed by atoms with E-state index in [1.165, 1.54) is 5.56 Å². The molecule has 0 spiro atoms. The van der Waals surface area contributed by atoms with E-state index in [1.54, 1.807) is 0 Å². The summed E-state index contributed by atoms with van der Waals surface area (Å²) in [6.45, 7) is 6.37. The number of nitrogens with zero attached hydrogens (tertiary/aromatic N) is 1. The van der Waals surface area contributed by atoms with Crippen LogP contribution in [0, 0.1) is 17.2 Å². The van der Waals surface area contributed by atoms with Crippen LogP contribution in [-0.2, 0) is 6.54 Å². The largest absolute Gasteiger partial charge is 0.479 e. The Labute approximate surface area is 97.0 Å². The SMILES string of the molecule is CC(C)CNCc1ccc(OCC#N)cc1. The lowest BCUT2D eigenvalue weighted by Gasteiger charge is -2.08. The molecule has 1 aromatic rings. The van der Waals surface area contributed by atoms with E-state index in [0.29, 0.717) is 5.92 Å². The zero-order chi connectivity index (χ0) is 11.8. The molecular weight excluding hydrogens is 200 g/mol. The molecule has 0 amide bonds. The number of nitrogens with one attached hydrogen (secondary N) is 1. The van der Waals surface area contributed by atoms with Gasteiger partial charge in [-0.3, -0.25) is 0 Å². The Kier molecular flexibility index (Phi) is 5.38. The van der Waals surface area contributed by atoms with Crippen LogP contribution in [0.4, 0.5) is 0 Å². The van der Waals surface area contributed by atoms with Crippen molar-refractivity contribution in [3.05, 3.63) is 29.8 Å². The van der Waals surface area contributed by atoms with E-state index in [9.17, 15) is 0 Å². The first-order chi connectivity index (χ1) is 7.72. The highest BCUT2D eigenvalue weighted by Gasteiger charge is 1.96. The van der Waals surface area contributed by atoms with E-state index in [0.717, 1.165) is 18.8 Å². The summed E-state index contributed by atoms with van der Waals surface area (Å²) in [6.07, 6.45) is 0. The number of rotatable bonds is 6. The average Bonchev–Trinajstić information content (AvgIpc) is 2.27. The lowest BCUT2D eigenvalue weighted by molar-refractivity contribution is 0.368. The molecule has 86 valence electrons. The Morgan fingerprint density at radius 1 is 1.31 bits per heavy atom. The van der Waals surface area contributed by atoms with Gasteiger partial charge in [0.05, 0.1) is 0 Å². The normalized spacial score (nSPS) is 10.1. The first kappa shape index (κ1) is 12.5. The van der Waals surface area contributed by atoms with Crippen molar-refractivity contribution in [1.82, 2.24) is 5.32 Å². The van der Waals surface area contributed by atoms with Crippen LogP contribution in [0.1, 0.15) is 19.4 Å². The molecule has 3 heteroatoms. The topological polar surface area (TPSA) is 45.0 Å². The minimum atomic E-state index is 0.102. The van der Waals surface area contributed by atoms with E-state index in [1.807, 2.05) is 30.3 Å². The Bertz CT molecular complexity index is 338. The summed E-state index contributed by atoms with van der Waals surface area (Å²) in [6, 6.07) is 9.76. The molecule has 0 aliphatic heterocycles. The molecule has 0 heterocycles. The predicted molar refractivity (Wildman–Crippen MR) is 64.1 cm³/mol. The minimum Gasteiger partial charge on any atom is -0.479 e. The van der Waals surface area contributed by atoms with Gasteiger partial charge in [0.25, 0.3) is 0 Å². The van der Waals surface area contributed by atoms with Gasteiger partial charge < -0.3 is 10.1 Å². The number of hydrogen-bond donors (Lipinski definition) is 1. The van der Waals surface area contributed by atoms with Gasteiger partial charge in [-0.2, -0.15) is 5.26 Å². The first-order valence-electron chi connectivity index (χ1n) is 5.51. The maximum Gasteiger partial charge on any atom is 0.174 e. The van der Waals surface area contributed by atoms with Crippen molar-refractivity contribution < 1.29 is 4.74 Å². The van der Waals surface area contributed by atoms with E-state index < -0.39 is 0 Å². The second kappa shape index (κ2) is 6.86. The van der Waals surface area contributed by atoms with Gasteiger partial charge in [-0.15, -0.1) is 0 Å². The van der Waals surface area contributed by atoms with Gasteiger partial charge in [0.15, 0.2) is 6.61 Å². The summed E-state index contributed by atoms with van der Waals surface area (Å²) < 4.78 is 5.17. The molecule has 1 rings (SSSR count). The van der Waals surface area contributed by atoms with Crippen molar-refractivity contribution in [2.24, 2.45) is 5.92 Å². The van der Waals surface area contributed by atoms with Gasteiger partial charge in [-0.05, 0) is 30.2 Å². The lowest BCUT2D eigenvalue weighted by atomic mass is 10.2. The summed E-state index contributed by atoms with van der Waals surface area (Å²) in [4.78, 5) is 0. The van der Waals surface area contributed by atoms with Crippen LogP contribution in [0.25, 0.3) is 0 Å². The average molecular weight is 218 g/mol. The number of benzene rings is 1. The predicted octanol–water partition coefficient (Wildman–Crippen LogP) is 2.33. The highest BCUT2D eigenvalue weighted by atomic mass is 16.5. The summed E-state index contributed by atoms with van der Waals surface area (Å²) in [5, 5.41) is 11.7. The third-order valence-electron chi connectivity index (χ3n) is 2.11. The molecule has 16 heavy (non-hydrogen) atoms.